The van der Waals surface area contributed by atoms with E-state index in [1.54, 1.807) is 0 Å². The van der Waals surface area contributed by atoms with Crippen LogP contribution in [0.5, 0.6) is 0 Å². The number of fused-ring (bicyclic) bond motifs is 6. The van der Waals surface area contributed by atoms with E-state index in [0.717, 1.165) is 36.3 Å². The highest BCUT2D eigenvalue weighted by atomic mass is 15.1. The molecule has 2 aliphatic carbocycles. The van der Waals surface area contributed by atoms with Crippen LogP contribution in [0.1, 0.15) is 42.0 Å². The van der Waals surface area contributed by atoms with Crippen molar-refractivity contribution in [3.63, 3.8) is 0 Å². The van der Waals surface area contributed by atoms with E-state index in [4.69, 9.17) is 0 Å². The molecule has 0 amide bonds. The zero-order chi connectivity index (χ0) is 40.0. The van der Waals surface area contributed by atoms with Gasteiger partial charge >= 0.3 is 0 Å². The minimum atomic E-state index is -0.221. The number of anilines is 3. The SMILES string of the molecule is CC1(c2ccc(N(c3cccc(-c4ccccc4)c3)c3ccc4ccc(C5=CC=CCC5)cc4c3)cc2-c2ccccc2)C=Cc2c(ccc3c2ccc2ccccc23)C1. The predicted molar refractivity (Wildman–Crippen MR) is 257 cm³/mol. The van der Waals surface area contributed by atoms with Crippen LogP contribution in [0.15, 0.2) is 212 Å². The molecule has 0 spiro atoms. The Bertz CT molecular complexity index is 3190. The summed E-state index contributed by atoms with van der Waals surface area (Å²) in [7, 11) is 0. The van der Waals surface area contributed by atoms with Gasteiger partial charge in [-0.15, -0.1) is 0 Å². The number of hydrogen-bond donors (Lipinski definition) is 0. The first-order valence-electron chi connectivity index (χ1n) is 21.3. The maximum Gasteiger partial charge on any atom is 0.0468 e. The van der Waals surface area contributed by atoms with Crippen molar-refractivity contribution >= 4 is 61.0 Å². The normalized spacial score (nSPS) is 15.9. The van der Waals surface area contributed by atoms with Gasteiger partial charge in [-0.05, 0) is 144 Å². The third-order valence-electron chi connectivity index (χ3n) is 12.9. The molecule has 0 heterocycles. The van der Waals surface area contributed by atoms with Gasteiger partial charge in [0.2, 0.25) is 0 Å². The molecule has 0 aliphatic heterocycles. The zero-order valence-corrected chi connectivity index (χ0v) is 33.9. The molecule has 0 saturated heterocycles. The summed E-state index contributed by atoms with van der Waals surface area (Å²) >= 11 is 0. The molecular weight excluding hydrogens is 723 g/mol. The molecule has 9 aromatic carbocycles. The molecule has 9 aromatic rings. The van der Waals surface area contributed by atoms with Gasteiger partial charge in [-0.1, -0.05) is 183 Å². The summed E-state index contributed by atoms with van der Waals surface area (Å²) in [6.45, 7) is 2.41. The molecule has 1 nitrogen and oxygen atoms in total. The van der Waals surface area contributed by atoms with Gasteiger partial charge in [0.1, 0.15) is 0 Å². The Morgan fingerprint density at radius 2 is 1.20 bits per heavy atom. The average Bonchev–Trinajstić information content (AvgIpc) is 3.32. The highest BCUT2D eigenvalue weighted by molar-refractivity contribution is 6.10. The molecule has 0 aromatic heterocycles. The minimum absolute atomic E-state index is 0.221. The van der Waals surface area contributed by atoms with Crippen LogP contribution in [0, 0.1) is 0 Å². The summed E-state index contributed by atoms with van der Waals surface area (Å²) in [6.07, 6.45) is 14.7. The number of hydrogen-bond acceptors (Lipinski definition) is 1. The smallest absolute Gasteiger partial charge is 0.0468 e. The van der Waals surface area contributed by atoms with Gasteiger partial charge < -0.3 is 4.90 Å². The van der Waals surface area contributed by atoms with Crippen LogP contribution in [0.25, 0.3) is 66.2 Å². The topological polar surface area (TPSA) is 3.24 Å². The van der Waals surface area contributed by atoms with Crippen LogP contribution in [0.2, 0.25) is 0 Å². The van der Waals surface area contributed by atoms with E-state index < -0.39 is 0 Å². The minimum Gasteiger partial charge on any atom is -0.310 e. The average molecular weight is 768 g/mol. The molecular formula is C59H45N. The number of benzene rings is 9. The molecule has 1 atom stereocenters. The van der Waals surface area contributed by atoms with Crippen molar-refractivity contribution in [1.82, 2.24) is 0 Å². The van der Waals surface area contributed by atoms with E-state index in [0.29, 0.717) is 0 Å². The molecule has 286 valence electrons. The molecule has 0 radical (unpaired) electrons. The van der Waals surface area contributed by atoms with Crippen LogP contribution < -0.4 is 4.90 Å². The molecule has 11 rings (SSSR count). The second-order valence-electron chi connectivity index (χ2n) is 16.7. The Morgan fingerprint density at radius 1 is 0.483 bits per heavy atom. The van der Waals surface area contributed by atoms with Gasteiger partial charge in [0.15, 0.2) is 0 Å². The summed E-state index contributed by atoms with van der Waals surface area (Å²) in [4.78, 5) is 2.45. The first-order valence-corrected chi connectivity index (χ1v) is 21.3. The first kappa shape index (κ1) is 35.9. The molecule has 0 fully saturated rings. The van der Waals surface area contributed by atoms with Gasteiger partial charge in [0.05, 0.1) is 0 Å². The Labute approximate surface area is 352 Å². The predicted octanol–water partition coefficient (Wildman–Crippen LogP) is 16.2. The van der Waals surface area contributed by atoms with Crippen LogP contribution in [0.3, 0.4) is 0 Å². The number of allylic oxidation sites excluding steroid dienone is 5. The Balaban J connectivity index is 1.06. The van der Waals surface area contributed by atoms with Gasteiger partial charge in [0, 0.05) is 22.5 Å². The monoisotopic (exact) mass is 767 g/mol. The molecule has 0 N–H and O–H groups in total. The summed E-state index contributed by atoms with van der Waals surface area (Å²) in [5, 5.41) is 7.72. The van der Waals surface area contributed by atoms with Crippen molar-refractivity contribution in [2.75, 3.05) is 4.90 Å². The van der Waals surface area contributed by atoms with Crippen molar-refractivity contribution in [2.24, 2.45) is 0 Å². The molecule has 60 heavy (non-hydrogen) atoms. The van der Waals surface area contributed by atoms with E-state index in [9.17, 15) is 0 Å². The maximum atomic E-state index is 2.46. The maximum absolute atomic E-state index is 2.46. The summed E-state index contributed by atoms with van der Waals surface area (Å²) in [6, 6.07) is 69.7. The first-order chi connectivity index (χ1) is 29.6. The third kappa shape index (κ3) is 6.44. The van der Waals surface area contributed by atoms with Gasteiger partial charge in [-0.25, -0.2) is 0 Å². The molecule has 1 unspecified atom stereocenters. The standard InChI is InChI=1S/C59H45N/c1-59(35-34-54-48(40-59)28-32-55-53-23-12-11-20-45(53)27-31-56(54)55)58-33-30-52(39-57(58)44-18-9-4-10-19-44)60(50-22-13-21-46(37-50)41-14-5-2-6-15-41)51-29-26-43-24-25-47(36-49(43)38-51)42-16-7-3-8-17-42/h2-7,9-16,18-39H,8,17,40H2,1H3. The van der Waals surface area contributed by atoms with E-state index in [1.165, 1.54) is 82.4 Å². The molecule has 1 heteroatoms. The van der Waals surface area contributed by atoms with Crippen LogP contribution in [0.4, 0.5) is 17.1 Å². The Morgan fingerprint density at radius 3 is 2.05 bits per heavy atom. The molecule has 0 saturated carbocycles. The van der Waals surface area contributed by atoms with Crippen molar-refractivity contribution < 1.29 is 0 Å². The third-order valence-corrected chi connectivity index (χ3v) is 12.9. The lowest BCUT2D eigenvalue weighted by molar-refractivity contribution is 0.589. The Hall–Kier alpha value is -7.22. The van der Waals surface area contributed by atoms with E-state index >= 15 is 0 Å². The fourth-order valence-corrected chi connectivity index (χ4v) is 9.76. The van der Waals surface area contributed by atoms with Gasteiger partial charge in [0.25, 0.3) is 0 Å². The summed E-state index contributed by atoms with van der Waals surface area (Å²) in [5.41, 5.74) is 14.8. The fourth-order valence-electron chi connectivity index (χ4n) is 9.76. The van der Waals surface area contributed by atoms with E-state index in [-0.39, 0.29) is 5.41 Å². The van der Waals surface area contributed by atoms with E-state index in [2.05, 4.69) is 230 Å². The highest BCUT2D eigenvalue weighted by Gasteiger charge is 2.32. The van der Waals surface area contributed by atoms with Crippen molar-refractivity contribution in [1.29, 1.82) is 0 Å². The summed E-state index contributed by atoms with van der Waals surface area (Å²) in [5.74, 6) is 0. The molecule has 0 bridgehead atoms. The van der Waals surface area contributed by atoms with Crippen molar-refractivity contribution in [3.05, 3.63) is 235 Å². The van der Waals surface area contributed by atoms with Crippen molar-refractivity contribution in [2.45, 2.75) is 31.6 Å². The molecule has 2 aliphatic rings. The quantitative estimate of drug-likeness (QED) is 0.146. The lowest BCUT2D eigenvalue weighted by atomic mass is 9.70. The number of rotatable bonds is 7. The second-order valence-corrected chi connectivity index (χ2v) is 16.7. The van der Waals surface area contributed by atoms with Crippen molar-refractivity contribution in [3.8, 4) is 22.3 Å². The van der Waals surface area contributed by atoms with Crippen LogP contribution in [-0.2, 0) is 11.8 Å². The lowest BCUT2D eigenvalue weighted by Gasteiger charge is -2.35. The lowest BCUT2D eigenvalue weighted by Crippen LogP contribution is -2.26. The van der Waals surface area contributed by atoms with Gasteiger partial charge in [-0.2, -0.15) is 0 Å². The zero-order valence-electron chi connectivity index (χ0n) is 33.9. The van der Waals surface area contributed by atoms with Gasteiger partial charge in [-0.3, -0.25) is 0 Å². The highest BCUT2D eigenvalue weighted by Crippen LogP contribution is 2.46. The Kier molecular flexibility index (Phi) is 8.89. The van der Waals surface area contributed by atoms with E-state index in [1.807, 2.05) is 0 Å². The second kappa shape index (κ2) is 14.9. The van der Waals surface area contributed by atoms with Crippen LogP contribution in [-0.4, -0.2) is 0 Å². The largest absolute Gasteiger partial charge is 0.310 e. The summed E-state index contributed by atoms with van der Waals surface area (Å²) < 4.78 is 0. The number of nitrogens with zero attached hydrogens (tertiary/aromatic N) is 1. The van der Waals surface area contributed by atoms with Crippen LogP contribution >= 0.6 is 0 Å². The fraction of sp³-hybridized carbons (Fsp3) is 0.0847.